The van der Waals surface area contributed by atoms with Crippen molar-refractivity contribution in [2.75, 3.05) is 97.2 Å². The van der Waals surface area contributed by atoms with Gasteiger partial charge in [0.25, 0.3) is 21.8 Å². The Morgan fingerprint density at radius 2 is 1.46 bits per heavy atom. The number of hydrogen-bond acceptors (Lipinski definition) is 29. The number of imide groups is 1. The average molecular weight is 1560 g/mol. The molecule has 1 aromatic carbocycles. The van der Waals surface area contributed by atoms with Crippen molar-refractivity contribution in [2.24, 2.45) is 11.8 Å². The maximum atomic E-state index is 14.5. The summed E-state index contributed by atoms with van der Waals surface area (Å²) in [5.41, 5.74) is 3.58. The number of Topliss-reactive ketones (excluding diaryl/α,β-unsaturated/α-hetero) is 1. The summed E-state index contributed by atoms with van der Waals surface area (Å²) in [5.74, 6) is -3.17. The van der Waals surface area contributed by atoms with Crippen LogP contribution in [0.4, 0.5) is 10.5 Å². The number of anilines is 1. The molecule has 33 nitrogen and oxygen atoms in total. The molecule has 2 aromatic heterocycles. The molecular weight excluding hydrogens is 1460 g/mol. The Morgan fingerprint density at radius 3 is 2.20 bits per heavy atom. The number of methoxy groups -OCH3 is 1. The molecule has 3 amide bonds. The minimum Gasteiger partial charge on any atom is -0.445 e. The molecular formula is C76H104N8O25S. The van der Waals surface area contributed by atoms with Gasteiger partial charge in [0.05, 0.1) is 196 Å². The van der Waals surface area contributed by atoms with E-state index in [1.54, 1.807) is 42.3 Å². The second-order valence-corrected chi connectivity index (χ2v) is 31.4. The number of carbonyl (C=O) groups excluding carboxylic acids is 5. The molecule has 10 bridgehead atoms. The first-order valence-corrected chi connectivity index (χ1v) is 39.8. The monoisotopic (exact) mass is 1560 g/mol. The van der Waals surface area contributed by atoms with Crippen LogP contribution in [0.2, 0.25) is 0 Å². The molecule has 9 fully saturated rings. The lowest BCUT2D eigenvalue weighted by atomic mass is 9.81. The number of hydroxylamine groups is 2. The molecule has 18 atom stereocenters. The number of rotatable bonds is 34. The number of pyridine rings is 1. The van der Waals surface area contributed by atoms with Gasteiger partial charge in [-0.2, -0.15) is 13.7 Å². The highest BCUT2D eigenvalue weighted by Gasteiger charge is 2.60. The molecule has 9 aliphatic heterocycles. The first-order chi connectivity index (χ1) is 53.2. The van der Waals surface area contributed by atoms with E-state index >= 15 is 0 Å². The minimum absolute atomic E-state index is 0.0206. The number of nitrogens with one attached hydrogen (secondary N) is 1. The summed E-state index contributed by atoms with van der Waals surface area (Å²) < 4.78 is 124. The second-order valence-electron chi connectivity index (χ2n) is 29.6. The fraction of sp³-hybridized carbons (Fsp3) is 0.697. The van der Waals surface area contributed by atoms with E-state index in [1.807, 2.05) is 6.07 Å². The van der Waals surface area contributed by atoms with Gasteiger partial charge < -0.3 is 91.4 Å². The Bertz CT molecular complexity index is 3740. The first kappa shape index (κ1) is 82.6. The number of hydrogen-bond donors (Lipinski definition) is 3. The van der Waals surface area contributed by atoms with Crippen LogP contribution in [0.5, 0.6) is 0 Å². The van der Waals surface area contributed by atoms with Crippen molar-refractivity contribution in [3.05, 3.63) is 89.9 Å². The highest BCUT2D eigenvalue weighted by atomic mass is 32.2. The first-order valence-electron chi connectivity index (χ1n) is 38.4. The lowest BCUT2D eigenvalue weighted by Gasteiger charge is -2.47. The lowest BCUT2D eigenvalue weighted by Crippen LogP contribution is -2.58. The number of nitrogens with zero attached hydrogens (tertiary/aromatic N) is 7. The molecule has 604 valence electrons. The van der Waals surface area contributed by atoms with Crippen LogP contribution in [-0.4, -0.2) is 264 Å². The average Bonchev–Trinajstić information content (AvgIpc) is 1.59. The predicted octanol–water partition coefficient (Wildman–Crippen LogP) is 4.74. The number of fused-ring (bicyclic) bond motifs is 9. The van der Waals surface area contributed by atoms with Gasteiger partial charge in [0.1, 0.15) is 36.4 Å². The zero-order chi connectivity index (χ0) is 77.3. The number of aliphatic hydroxyl groups is 2. The maximum Gasteiger partial charge on any atom is 0.407 e. The van der Waals surface area contributed by atoms with E-state index in [0.717, 1.165) is 34.7 Å². The summed E-state index contributed by atoms with van der Waals surface area (Å²) >= 11 is 0. The molecule has 34 heteroatoms. The molecule has 9 saturated heterocycles. The van der Waals surface area contributed by atoms with Crippen molar-refractivity contribution in [2.45, 2.75) is 238 Å². The molecule has 3 N–H and O–H groups in total. The highest BCUT2D eigenvalue weighted by Crippen LogP contribution is 2.50. The van der Waals surface area contributed by atoms with Gasteiger partial charge in [-0.15, -0.1) is 10.2 Å². The van der Waals surface area contributed by atoms with Crippen LogP contribution in [0.3, 0.4) is 0 Å². The van der Waals surface area contributed by atoms with Crippen LogP contribution in [0.1, 0.15) is 133 Å². The van der Waals surface area contributed by atoms with Gasteiger partial charge in [-0.3, -0.25) is 18.7 Å². The Kier molecular flexibility index (Phi) is 29.5. The third kappa shape index (κ3) is 21.9. The maximum absolute atomic E-state index is 14.5. The zero-order valence-corrected chi connectivity index (χ0v) is 63.3. The molecule has 3 aromatic rings. The summed E-state index contributed by atoms with van der Waals surface area (Å²) in [5, 5.41) is 43.4. The third-order valence-electron chi connectivity index (χ3n) is 21.7. The van der Waals surface area contributed by atoms with Gasteiger partial charge in [-0.25, -0.2) is 19.3 Å². The summed E-state index contributed by atoms with van der Waals surface area (Å²) in [6.45, 7) is 13.5. The number of carbonyl (C=O) groups is 5. The molecule has 11 heterocycles. The van der Waals surface area contributed by atoms with E-state index in [2.05, 4.69) is 40.7 Å². The van der Waals surface area contributed by atoms with Gasteiger partial charge in [0.15, 0.2) is 10.8 Å². The van der Waals surface area contributed by atoms with Crippen LogP contribution in [0.15, 0.2) is 78.1 Å². The van der Waals surface area contributed by atoms with E-state index in [0.29, 0.717) is 94.1 Å². The normalized spacial score (nSPS) is 30.7. The molecule has 0 radical (unpaired) electrons. The predicted molar refractivity (Wildman–Crippen MR) is 383 cm³/mol. The third-order valence-corrected chi connectivity index (χ3v) is 23.4. The molecule has 0 aliphatic carbocycles. The molecule has 12 rings (SSSR count). The largest absolute Gasteiger partial charge is 0.445 e. The lowest BCUT2D eigenvalue weighted by molar-refractivity contribution is -0.277. The standard InChI is InChI=1S/C76H104N8O25S/c1-47-33-56-10-12-61-48(2)34-58(102-61)17-19-76-40-60(87)73(108-76)66-39-67(107-76)74-62(105-66)13-11-57(104-74)35-54(85)36-59-64(38-63(103-56)49(47)3)106-65(72(59)94-4)37-55(86)43-79-75(91)101-45-50-5-8-53(9-6-50)83(110(92,93)68-14-7-51(41-77)42-78-68)21-24-97-27-30-98-29-26-96-23-20-82-44-52(80-81-82)46-100-32-31-99-28-25-95-22-18-71(90)109-84-69(88)15-16-70(84)89/h5-9,14,42,44,47,55-67,72-74,86-87H,2-3,10-13,15-40,43,45-46H2,1,4H3,(H,79,91)/t47-,55+,56+,57-,58+,59+,60-,61+,62+,63-,64+,65-,66-,67-,72-,73+,74+,76-/m1/s1. The van der Waals surface area contributed by atoms with Crippen molar-refractivity contribution >= 4 is 45.4 Å². The van der Waals surface area contributed by atoms with Crippen LogP contribution in [0.25, 0.3) is 0 Å². The number of ketones is 1. The fourth-order valence-corrected chi connectivity index (χ4v) is 17.4. The highest BCUT2D eigenvalue weighted by molar-refractivity contribution is 7.92. The van der Waals surface area contributed by atoms with Crippen molar-refractivity contribution < 1.29 is 118 Å². The van der Waals surface area contributed by atoms with Gasteiger partial charge in [-0.05, 0) is 91.8 Å². The Morgan fingerprint density at radius 1 is 0.755 bits per heavy atom. The zero-order valence-electron chi connectivity index (χ0n) is 62.5. The van der Waals surface area contributed by atoms with Crippen molar-refractivity contribution in [3.63, 3.8) is 0 Å². The fourth-order valence-electron chi connectivity index (χ4n) is 16.0. The number of aliphatic hydroxyl groups excluding tert-OH is 2. The summed E-state index contributed by atoms with van der Waals surface area (Å²) in [6, 6.07) is 10.9. The number of alkyl carbamates (subject to hydrolysis) is 1. The van der Waals surface area contributed by atoms with Gasteiger partial charge >= 0.3 is 12.1 Å². The number of amides is 3. The molecule has 0 saturated carbocycles. The van der Waals surface area contributed by atoms with Crippen molar-refractivity contribution in [1.82, 2.24) is 30.4 Å². The molecule has 1 spiro atoms. The van der Waals surface area contributed by atoms with Crippen LogP contribution < -0.4 is 9.62 Å². The Hall–Kier alpha value is -6.86. The molecule has 110 heavy (non-hydrogen) atoms. The Balaban J connectivity index is 0.567. The van der Waals surface area contributed by atoms with E-state index in [-0.39, 0.29) is 188 Å². The van der Waals surface area contributed by atoms with Gasteiger partial charge in [0, 0.05) is 83.6 Å². The van der Waals surface area contributed by atoms with E-state index in [1.165, 1.54) is 18.3 Å². The second kappa shape index (κ2) is 39.3. The van der Waals surface area contributed by atoms with Crippen LogP contribution in [0, 0.1) is 23.2 Å². The minimum atomic E-state index is -4.29. The molecule has 0 unspecified atom stereocenters. The van der Waals surface area contributed by atoms with E-state index in [4.69, 9.17) is 75.9 Å². The quantitative estimate of drug-likeness (QED) is 0.0413. The van der Waals surface area contributed by atoms with Crippen molar-refractivity contribution in [3.8, 4) is 6.07 Å². The number of sulfonamides is 1. The SMILES string of the molecule is C=C1C[C@@H]2CC[C@]34C[C@@H](O)[C@H](O3)[C@H]3C[C@@H](O4)[C@H]4O[C@H](CC[C@@H]4O3)CC(=O)C[C@@H]3[C@@H](OC)[C@@H](C[C@H](O)CNC(=O)OCc4ccc(N(CCOCCOCCOCCn5cc(COCCOCCOCCC(=O)ON6C(=O)CCC6=O)nn5)S(=O)(=O)c5ccc(C#N)cn5)cc4)O[C@H]3C[C@H]3O[C@@H](CC[C@@H]1O2)C[C@@H](C)C3=C. The summed E-state index contributed by atoms with van der Waals surface area (Å²) in [6.07, 6.45) is 2.19. The van der Waals surface area contributed by atoms with Gasteiger partial charge in [-0.1, -0.05) is 37.4 Å². The summed E-state index contributed by atoms with van der Waals surface area (Å²) in [7, 11) is -2.71. The Labute approximate surface area is 640 Å². The summed E-state index contributed by atoms with van der Waals surface area (Å²) in [4.78, 5) is 71.6. The number of ether oxygens (including phenoxy) is 15. The number of benzene rings is 1. The van der Waals surface area contributed by atoms with E-state index < -0.39 is 94.4 Å². The smallest absolute Gasteiger partial charge is 0.407 e. The number of aromatic nitrogens is 4. The molecule has 9 aliphatic rings. The topological polar surface area (TPSA) is 394 Å². The number of nitriles is 1. The van der Waals surface area contributed by atoms with Crippen molar-refractivity contribution in [1.29, 1.82) is 5.26 Å². The van der Waals surface area contributed by atoms with Gasteiger partial charge in [0.2, 0.25) is 0 Å². The van der Waals surface area contributed by atoms with Crippen LogP contribution >= 0.6 is 0 Å². The van der Waals surface area contributed by atoms with Crippen LogP contribution in [-0.2, 0) is 125 Å². The van der Waals surface area contributed by atoms with E-state index in [9.17, 15) is 47.9 Å².